The molecule has 0 aliphatic carbocycles. The summed E-state index contributed by atoms with van der Waals surface area (Å²) in [6, 6.07) is 9.53. The fourth-order valence-corrected chi connectivity index (χ4v) is 2.72. The van der Waals surface area contributed by atoms with E-state index in [-0.39, 0.29) is 13.2 Å². The molecule has 1 heterocycles. The highest BCUT2D eigenvalue weighted by Gasteiger charge is 2.54. The molecule has 1 fully saturated rings. The summed E-state index contributed by atoms with van der Waals surface area (Å²) in [6.07, 6.45) is -0.646. The van der Waals surface area contributed by atoms with E-state index in [9.17, 15) is 15.0 Å². The number of nitrogens with zero attached hydrogens (tertiary/aromatic N) is 1. The van der Waals surface area contributed by atoms with Gasteiger partial charge in [0.15, 0.2) is 0 Å². The van der Waals surface area contributed by atoms with Crippen LogP contribution in [-0.4, -0.2) is 45.7 Å². The summed E-state index contributed by atoms with van der Waals surface area (Å²) in [5.74, 6) is 0. The predicted molar refractivity (Wildman–Crippen MR) is 69.9 cm³/mol. The van der Waals surface area contributed by atoms with Crippen LogP contribution >= 0.6 is 0 Å². The summed E-state index contributed by atoms with van der Waals surface area (Å²) in [5, 5.41) is 19.2. The van der Waals surface area contributed by atoms with Gasteiger partial charge in [-0.15, -0.1) is 0 Å². The first-order valence-electron chi connectivity index (χ1n) is 6.23. The monoisotopic (exact) mass is 265 g/mol. The molecule has 19 heavy (non-hydrogen) atoms. The topological polar surface area (TPSA) is 70.0 Å². The van der Waals surface area contributed by atoms with Crippen LogP contribution in [0.15, 0.2) is 30.3 Å². The average Bonchev–Trinajstić information content (AvgIpc) is 2.63. The summed E-state index contributed by atoms with van der Waals surface area (Å²) >= 11 is 0. The summed E-state index contributed by atoms with van der Waals surface area (Å²) in [6.45, 7) is 3.32. The second-order valence-corrected chi connectivity index (χ2v) is 5.40. The van der Waals surface area contributed by atoms with E-state index < -0.39 is 17.4 Å². The van der Waals surface area contributed by atoms with Crippen LogP contribution in [0, 0.1) is 0 Å². The first kappa shape index (κ1) is 13.8. The van der Waals surface area contributed by atoms with Crippen LogP contribution in [0.2, 0.25) is 0 Å². The number of rotatable bonds is 3. The normalized spacial score (nSPS) is 25.5. The number of carboxylic acid groups (broad SMARTS) is 1. The highest BCUT2D eigenvalue weighted by Crippen LogP contribution is 2.37. The van der Waals surface area contributed by atoms with Gasteiger partial charge in [0.2, 0.25) is 0 Å². The number of carbonyl (C=O) groups is 1. The second-order valence-electron chi connectivity index (χ2n) is 5.40. The molecule has 1 aromatic rings. The van der Waals surface area contributed by atoms with Gasteiger partial charge in [0, 0.05) is 6.42 Å². The summed E-state index contributed by atoms with van der Waals surface area (Å²) in [5.41, 5.74) is -0.871. The molecule has 104 valence electrons. The van der Waals surface area contributed by atoms with Gasteiger partial charge >= 0.3 is 6.09 Å². The van der Waals surface area contributed by atoms with Crippen LogP contribution in [-0.2, 0) is 11.2 Å². The van der Waals surface area contributed by atoms with Crippen LogP contribution < -0.4 is 0 Å². The van der Waals surface area contributed by atoms with Crippen LogP contribution in [0.1, 0.15) is 19.4 Å². The zero-order valence-corrected chi connectivity index (χ0v) is 11.2. The van der Waals surface area contributed by atoms with E-state index in [0.717, 1.165) is 5.56 Å². The molecule has 0 radical (unpaired) electrons. The molecular weight excluding hydrogens is 246 g/mol. The lowest BCUT2D eigenvalue weighted by Gasteiger charge is -2.39. The minimum absolute atomic E-state index is 0.192. The quantitative estimate of drug-likeness (QED) is 0.872. The van der Waals surface area contributed by atoms with Gasteiger partial charge in [-0.3, -0.25) is 4.90 Å². The SMILES string of the molecule is CC1(C)OC[C@@](CO)(Cc2ccccc2)N1C(=O)O. The highest BCUT2D eigenvalue weighted by molar-refractivity contribution is 5.67. The Labute approximate surface area is 112 Å². The van der Waals surface area contributed by atoms with Crippen LogP contribution in [0.4, 0.5) is 4.79 Å². The van der Waals surface area contributed by atoms with E-state index >= 15 is 0 Å². The van der Waals surface area contributed by atoms with Crippen LogP contribution in [0.3, 0.4) is 0 Å². The van der Waals surface area contributed by atoms with E-state index in [0.29, 0.717) is 6.42 Å². The fraction of sp³-hybridized carbons (Fsp3) is 0.500. The first-order valence-corrected chi connectivity index (χ1v) is 6.23. The van der Waals surface area contributed by atoms with Crippen molar-refractivity contribution >= 4 is 6.09 Å². The third-order valence-electron chi connectivity index (χ3n) is 3.57. The Morgan fingerprint density at radius 1 is 1.37 bits per heavy atom. The number of benzene rings is 1. The molecule has 2 N–H and O–H groups in total. The van der Waals surface area contributed by atoms with Crippen molar-refractivity contribution in [3.8, 4) is 0 Å². The zero-order valence-electron chi connectivity index (χ0n) is 11.2. The number of hydrogen-bond donors (Lipinski definition) is 2. The molecular formula is C14H19NO4. The lowest BCUT2D eigenvalue weighted by Crippen LogP contribution is -2.58. The maximum atomic E-state index is 11.5. The fourth-order valence-electron chi connectivity index (χ4n) is 2.72. The van der Waals surface area contributed by atoms with Crippen molar-refractivity contribution in [1.29, 1.82) is 0 Å². The molecule has 1 aliphatic heterocycles. The van der Waals surface area contributed by atoms with E-state index in [1.807, 2.05) is 30.3 Å². The Kier molecular flexibility index (Phi) is 3.52. The van der Waals surface area contributed by atoms with Gasteiger partial charge in [0.05, 0.1) is 18.8 Å². The molecule has 5 nitrogen and oxygen atoms in total. The van der Waals surface area contributed by atoms with E-state index in [1.165, 1.54) is 4.90 Å². The number of hydrogen-bond acceptors (Lipinski definition) is 3. The maximum absolute atomic E-state index is 11.5. The number of aliphatic hydroxyl groups is 1. The smallest absolute Gasteiger partial charge is 0.410 e. The van der Waals surface area contributed by atoms with Crippen molar-refractivity contribution in [2.45, 2.75) is 31.5 Å². The molecule has 1 saturated heterocycles. The molecule has 0 spiro atoms. The van der Waals surface area contributed by atoms with Crippen molar-refractivity contribution in [3.05, 3.63) is 35.9 Å². The summed E-state index contributed by atoms with van der Waals surface area (Å²) in [4.78, 5) is 12.7. The molecule has 1 aromatic carbocycles. The number of amides is 1. The molecule has 1 atom stereocenters. The number of ether oxygens (including phenoxy) is 1. The highest BCUT2D eigenvalue weighted by atomic mass is 16.5. The number of aliphatic hydroxyl groups excluding tert-OH is 1. The van der Waals surface area contributed by atoms with E-state index in [2.05, 4.69) is 0 Å². The summed E-state index contributed by atoms with van der Waals surface area (Å²) in [7, 11) is 0. The minimum atomic E-state index is -1.08. The lowest BCUT2D eigenvalue weighted by molar-refractivity contribution is -0.0509. The second kappa shape index (κ2) is 4.83. The molecule has 0 unspecified atom stereocenters. The van der Waals surface area contributed by atoms with Crippen molar-refractivity contribution in [2.75, 3.05) is 13.2 Å². The van der Waals surface area contributed by atoms with Gasteiger partial charge in [0.25, 0.3) is 0 Å². The molecule has 0 aromatic heterocycles. The zero-order chi connectivity index (χ0) is 14.1. The van der Waals surface area contributed by atoms with E-state index in [1.54, 1.807) is 13.8 Å². The van der Waals surface area contributed by atoms with Crippen molar-refractivity contribution in [3.63, 3.8) is 0 Å². The lowest BCUT2D eigenvalue weighted by atomic mass is 9.90. The Balaban J connectivity index is 2.34. The predicted octanol–water partition coefficient (Wildman–Crippen LogP) is 1.71. The third-order valence-corrected chi connectivity index (χ3v) is 3.57. The van der Waals surface area contributed by atoms with Gasteiger partial charge in [-0.1, -0.05) is 30.3 Å². The van der Waals surface area contributed by atoms with Crippen molar-refractivity contribution in [1.82, 2.24) is 4.90 Å². The van der Waals surface area contributed by atoms with Gasteiger partial charge in [-0.2, -0.15) is 0 Å². The largest absolute Gasteiger partial charge is 0.465 e. The third kappa shape index (κ3) is 2.43. The van der Waals surface area contributed by atoms with E-state index in [4.69, 9.17) is 4.74 Å². The molecule has 2 rings (SSSR count). The van der Waals surface area contributed by atoms with Gasteiger partial charge < -0.3 is 14.9 Å². The van der Waals surface area contributed by atoms with Gasteiger partial charge in [-0.05, 0) is 19.4 Å². The standard InChI is InChI=1S/C14H19NO4/c1-13(2)15(12(17)18)14(9-16,10-19-13)8-11-6-4-3-5-7-11/h3-7,16H,8-10H2,1-2H3,(H,17,18)/t14-/m0/s1. The van der Waals surface area contributed by atoms with Crippen LogP contribution in [0.5, 0.6) is 0 Å². The molecule has 5 heteroatoms. The Morgan fingerprint density at radius 2 is 2.00 bits per heavy atom. The first-order chi connectivity index (χ1) is 8.91. The molecule has 1 amide bonds. The minimum Gasteiger partial charge on any atom is -0.465 e. The molecule has 1 aliphatic rings. The van der Waals surface area contributed by atoms with Crippen LogP contribution in [0.25, 0.3) is 0 Å². The Hall–Kier alpha value is -1.59. The van der Waals surface area contributed by atoms with Crippen molar-refractivity contribution < 1.29 is 19.7 Å². The molecule has 0 bridgehead atoms. The average molecular weight is 265 g/mol. The van der Waals surface area contributed by atoms with Crippen molar-refractivity contribution in [2.24, 2.45) is 0 Å². The Morgan fingerprint density at radius 3 is 2.53 bits per heavy atom. The summed E-state index contributed by atoms with van der Waals surface area (Å²) < 4.78 is 5.58. The maximum Gasteiger partial charge on any atom is 0.410 e. The van der Waals surface area contributed by atoms with Gasteiger partial charge in [-0.25, -0.2) is 4.79 Å². The Bertz CT molecular complexity index is 460. The van der Waals surface area contributed by atoms with Gasteiger partial charge in [0.1, 0.15) is 5.72 Å². The molecule has 0 saturated carbocycles.